The molecule has 2 aromatic heterocycles. The highest BCUT2D eigenvalue weighted by molar-refractivity contribution is 6.32. The zero-order chi connectivity index (χ0) is 22.1. The quantitative estimate of drug-likeness (QED) is 0.401. The van der Waals surface area contributed by atoms with Crippen LogP contribution in [0.1, 0.15) is 18.9 Å². The number of ether oxygens (including phenoxy) is 1. The second kappa shape index (κ2) is 8.68. The van der Waals surface area contributed by atoms with Crippen molar-refractivity contribution in [1.82, 2.24) is 20.1 Å². The molecule has 5 rings (SSSR count). The summed E-state index contributed by atoms with van der Waals surface area (Å²) in [6.07, 6.45) is 7.71. The predicted molar refractivity (Wildman–Crippen MR) is 126 cm³/mol. The molecule has 1 aliphatic heterocycles. The molecule has 3 N–H and O–H groups in total. The van der Waals surface area contributed by atoms with Crippen LogP contribution in [0.2, 0.25) is 5.02 Å². The number of nitrogens with zero attached hydrogens (tertiary/aromatic N) is 3. The predicted octanol–water partition coefficient (Wildman–Crippen LogP) is 4.93. The molecule has 163 valence electrons. The van der Waals surface area contributed by atoms with Gasteiger partial charge >= 0.3 is 0 Å². The summed E-state index contributed by atoms with van der Waals surface area (Å²) in [5.41, 5.74) is 4.33. The van der Waals surface area contributed by atoms with Crippen LogP contribution in [0.3, 0.4) is 0 Å². The highest BCUT2D eigenvalue weighted by Crippen LogP contribution is 2.39. The van der Waals surface area contributed by atoms with Gasteiger partial charge in [-0.1, -0.05) is 17.7 Å². The van der Waals surface area contributed by atoms with Crippen LogP contribution in [-0.4, -0.2) is 40.1 Å². The molecule has 1 aliphatic rings. The summed E-state index contributed by atoms with van der Waals surface area (Å²) in [6.45, 7) is 2.04. The van der Waals surface area contributed by atoms with Crippen LogP contribution >= 0.6 is 11.6 Å². The van der Waals surface area contributed by atoms with E-state index in [1.54, 1.807) is 18.3 Å². The molecule has 8 heteroatoms. The summed E-state index contributed by atoms with van der Waals surface area (Å²) in [7, 11) is 1.50. The molecule has 2 aromatic carbocycles. The summed E-state index contributed by atoms with van der Waals surface area (Å²) < 4.78 is 7.30. The fourth-order valence-electron chi connectivity index (χ4n) is 4.09. The second-order valence-electron chi connectivity index (χ2n) is 7.83. The van der Waals surface area contributed by atoms with Gasteiger partial charge in [0.2, 0.25) is 0 Å². The van der Waals surface area contributed by atoms with E-state index in [1.165, 1.54) is 7.11 Å². The van der Waals surface area contributed by atoms with Crippen LogP contribution in [0.15, 0.2) is 48.9 Å². The zero-order valence-electron chi connectivity index (χ0n) is 17.6. The monoisotopic (exact) mass is 448 g/mol. The maximum Gasteiger partial charge on any atom is 0.176 e. The van der Waals surface area contributed by atoms with E-state index in [0.717, 1.165) is 59.3 Å². The summed E-state index contributed by atoms with van der Waals surface area (Å²) >= 11 is 6.20. The van der Waals surface area contributed by atoms with Crippen molar-refractivity contribution in [3.05, 3.63) is 60.0 Å². The average molecular weight is 449 g/mol. The first-order chi connectivity index (χ1) is 15.6. The summed E-state index contributed by atoms with van der Waals surface area (Å²) in [5, 5.41) is 22.6. The number of phenols is 1. The van der Waals surface area contributed by atoms with Crippen LogP contribution in [0.5, 0.6) is 11.5 Å². The molecule has 0 aliphatic carbocycles. The number of aromatic nitrogens is 3. The van der Waals surface area contributed by atoms with Gasteiger partial charge in [0.05, 0.1) is 41.3 Å². The van der Waals surface area contributed by atoms with E-state index in [2.05, 4.69) is 26.8 Å². The lowest BCUT2D eigenvalue weighted by atomic mass is 10.0. The van der Waals surface area contributed by atoms with Crippen molar-refractivity contribution in [1.29, 1.82) is 0 Å². The van der Waals surface area contributed by atoms with Gasteiger partial charge in [0.15, 0.2) is 11.5 Å². The molecule has 0 unspecified atom stereocenters. The van der Waals surface area contributed by atoms with E-state index in [1.807, 2.05) is 35.3 Å². The van der Waals surface area contributed by atoms with Crippen LogP contribution in [0.25, 0.3) is 22.0 Å². The molecule has 0 saturated carbocycles. The maximum atomic E-state index is 10.1. The van der Waals surface area contributed by atoms with Crippen molar-refractivity contribution in [2.75, 3.05) is 25.5 Å². The topological polar surface area (TPSA) is 84.2 Å². The number of piperidine rings is 1. The van der Waals surface area contributed by atoms with Crippen molar-refractivity contribution in [2.45, 2.75) is 18.9 Å². The molecule has 1 fully saturated rings. The molecule has 0 amide bonds. The van der Waals surface area contributed by atoms with E-state index in [0.29, 0.717) is 11.8 Å². The lowest BCUT2D eigenvalue weighted by molar-refractivity contribution is 0.343. The van der Waals surface area contributed by atoms with Crippen LogP contribution in [-0.2, 0) is 0 Å². The summed E-state index contributed by atoms with van der Waals surface area (Å²) in [6, 6.07) is 13.1. The Hall–Kier alpha value is -3.29. The van der Waals surface area contributed by atoms with Gasteiger partial charge in [-0.3, -0.25) is 9.67 Å². The number of benzene rings is 2. The molecule has 0 atom stereocenters. The highest BCUT2D eigenvalue weighted by Gasteiger charge is 2.16. The number of aromatic hydroxyl groups is 1. The number of hydrogen-bond acceptors (Lipinski definition) is 6. The number of rotatable bonds is 5. The maximum absolute atomic E-state index is 10.1. The Morgan fingerprint density at radius 3 is 2.88 bits per heavy atom. The minimum atomic E-state index is -0.0678. The lowest BCUT2D eigenvalue weighted by Gasteiger charge is -2.22. The number of phenolic OH excluding ortho intramolecular Hbond substituents is 1. The Morgan fingerprint density at radius 1 is 1.22 bits per heavy atom. The van der Waals surface area contributed by atoms with Gasteiger partial charge < -0.3 is 20.5 Å². The molecule has 32 heavy (non-hydrogen) atoms. The Kier molecular flexibility index (Phi) is 5.59. The largest absolute Gasteiger partial charge is 0.503 e. The molecule has 0 bridgehead atoms. The second-order valence-corrected chi connectivity index (χ2v) is 8.24. The van der Waals surface area contributed by atoms with E-state index in [-0.39, 0.29) is 10.8 Å². The number of methoxy groups -OCH3 is 1. The van der Waals surface area contributed by atoms with E-state index in [9.17, 15) is 5.11 Å². The van der Waals surface area contributed by atoms with Crippen LogP contribution < -0.4 is 15.4 Å². The van der Waals surface area contributed by atoms with Gasteiger partial charge in [0, 0.05) is 23.8 Å². The third-order valence-corrected chi connectivity index (χ3v) is 6.10. The number of hydrogen-bond donors (Lipinski definition) is 3. The van der Waals surface area contributed by atoms with Crippen molar-refractivity contribution in [3.63, 3.8) is 0 Å². The smallest absolute Gasteiger partial charge is 0.176 e. The Bertz CT molecular complexity index is 1270. The highest BCUT2D eigenvalue weighted by atomic mass is 35.5. The Balaban J connectivity index is 1.48. The van der Waals surface area contributed by atoms with E-state index < -0.39 is 0 Å². The minimum absolute atomic E-state index is 0.0678. The third-order valence-electron chi connectivity index (χ3n) is 5.81. The number of nitrogens with one attached hydrogen (secondary N) is 2. The van der Waals surface area contributed by atoms with Gasteiger partial charge in [-0.2, -0.15) is 5.10 Å². The fraction of sp³-hybridized carbons (Fsp3) is 0.250. The molecule has 1 saturated heterocycles. The minimum Gasteiger partial charge on any atom is -0.503 e. The standard InChI is InChI=1S/C24H23ClN5O2/c1-32-23-12-16(11-20(25)24(23)31)15-2-3-21-19(10-15)22(6-9-27-21)29-17-13-28-30(14-17)18-4-7-26-8-5-18/h2-3,9-14,18,26,31H,4-5,7-8H2,1H3,(H,27,29). The number of anilines is 2. The van der Waals surface area contributed by atoms with E-state index in [4.69, 9.17) is 16.3 Å². The Labute approximate surface area is 191 Å². The van der Waals surface area contributed by atoms with Gasteiger partial charge in [-0.05, 0) is 61.3 Å². The molecular weight excluding hydrogens is 426 g/mol. The van der Waals surface area contributed by atoms with E-state index >= 15 is 0 Å². The molecule has 3 heterocycles. The van der Waals surface area contributed by atoms with Crippen molar-refractivity contribution in [3.8, 4) is 22.6 Å². The molecule has 4 aromatic rings. The average Bonchev–Trinajstić information content (AvgIpc) is 3.30. The first-order valence-electron chi connectivity index (χ1n) is 10.5. The zero-order valence-corrected chi connectivity index (χ0v) is 18.4. The number of fused-ring (bicyclic) bond motifs is 1. The molecule has 0 spiro atoms. The lowest BCUT2D eigenvalue weighted by Crippen LogP contribution is -2.29. The van der Waals surface area contributed by atoms with Crippen molar-refractivity contribution < 1.29 is 9.84 Å². The molecule has 7 nitrogen and oxygen atoms in total. The normalized spacial score (nSPS) is 14.6. The van der Waals surface area contributed by atoms with Crippen molar-refractivity contribution >= 4 is 33.9 Å². The molecular formula is C24H23ClN5O2. The molecule has 1 radical (unpaired) electrons. The number of pyridine rings is 1. The van der Waals surface area contributed by atoms with Gasteiger partial charge in [0.1, 0.15) is 0 Å². The third kappa shape index (κ3) is 3.97. The fourth-order valence-corrected chi connectivity index (χ4v) is 4.30. The summed E-state index contributed by atoms with van der Waals surface area (Å²) in [5.74, 6) is 0.260. The Morgan fingerprint density at radius 2 is 2.06 bits per heavy atom. The van der Waals surface area contributed by atoms with Crippen molar-refractivity contribution in [2.24, 2.45) is 0 Å². The number of halogens is 1. The first-order valence-corrected chi connectivity index (χ1v) is 10.9. The van der Waals surface area contributed by atoms with Crippen LogP contribution in [0.4, 0.5) is 11.4 Å². The summed E-state index contributed by atoms with van der Waals surface area (Å²) in [4.78, 5) is 4.45. The van der Waals surface area contributed by atoms with Crippen LogP contribution in [0, 0.1) is 6.07 Å². The first kappa shape index (κ1) is 20.6. The van der Waals surface area contributed by atoms with Gasteiger partial charge in [0.25, 0.3) is 0 Å². The SMILES string of the molecule is COc1cc(-c2ccc3nc[c]c(Nc4cnn(C5CCNCC5)c4)c3c2)cc(Cl)c1O. The van der Waals surface area contributed by atoms with Gasteiger partial charge in [-0.15, -0.1) is 0 Å². The van der Waals surface area contributed by atoms with Gasteiger partial charge in [-0.25, -0.2) is 0 Å².